The molecule has 0 unspecified atom stereocenters. The number of hydrogen-bond acceptors (Lipinski definition) is 3. The van der Waals surface area contributed by atoms with Crippen molar-refractivity contribution in [2.45, 2.75) is 18.3 Å². The van der Waals surface area contributed by atoms with E-state index in [4.69, 9.17) is 15.2 Å². The minimum absolute atomic E-state index is 0.0172. The summed E-state index contributed by atoms with van der Waals surface area (Å²) in [6.07, 6.45) is 2.06. The second kappa shape index (κ2) is 3.35. The Labute approximate surface area is 93.3 Å². The summed E-state index contributed by atoms with van der Waals surface area (Å²) in [7, 11) is 0. The summed E-state index contributed by atoms with van der Waals surface area (Å²) >= 11 is 0. The average molecular weight is 223 g/mol. The number of ether oxygens (including phenoxy) is 2. The lowest BCUT2D eigenvalue weighted by Gasteiger charge is -2.21. The van der Waals surface area contributed by atoms with Crippen LogP contribution in [-0.2, 0) is 5.41 Å². The van der Waals surface area contributed by atoms with E-state index in [1.165, 1.54) is 6.07 Å². The lowest BCUT2D eigenvalue weighted by molar-refractivity contribution is 0.164. The van der Waals surface area contributed by atoms with E-state index in [0.29, 0.717) is 25.5 Å². The predicted molar refractivity (Wildman–Crippen MR) is 57.4 cm³/mol. The molecule has 0 bridgehead atoms. The van der Waals surface area contributed by atoms with Crippen LogP contribution in [0.1, 0.15) is 18.4 Å². The third kappa shape index (κ3) is 1.37. The fraction of sp³-hybridized carbons (Fsp3) is 0.500. The lowest BCUT2D eigenvalue weighted by atomic mass is 9.95. The van der Waals surface area contributed by atoms with E-state index in [9.17, 15) is 4.39 Å². The van der Waals surface area contributed by atoms with Crippen LogP contribution in [0.3, 0.4) is 0 Å². The first-order valence-electron chi connectivity index (χ1n) is 5.55. The van der Waals surface area contributed by atoms with E-state index in [1.54, 1.807) is 0 Å². The third-order valence-corrected chi connectivity index (χ3v) is 3.45. The quantitative estimate of drug-likeness (QED) is 0.828. The first-order chi connectivity index (χ1) is 7.75. The van der Waals surface area contributed by atoms with Gasteiger partial charge in [0, 0.05) is 12.0 Å². The van der Waals surface area contributed by atoms with Gasteiger partial charge in [-0.1, -0.05) is 0 Å². The van der Waals surface area contributed by atoms with E-state index in [2.05, 4.69) is 0 Å². The fourth-order valence-electron chi connectivity index (χ4n) is 2.18. The van der Waals surface area contributed by atoms with E-state index in [1.807, 2.05) is 6.07 Å². The average Bonchev–Trinajstić information content (AvgIpc) is 3.10. The summed E-state index contributed by atoms with van der Waals surface area (Å²) in [4.78, 5) is 0. The Morgan fingerprint density at radius 3 is 2.69 bits per heavy atom. The largest absolute Gasteiger partial charge is 0.486 e. The second-order valence-electron chi connectivity index (χ2n) is 4.47. The number of rotatable bonds is 2. The second-order valence-corrected chi connectivity index (χ2v) is 4.47. The van der Waals surface area contributed by atoms with E-state index in [-0.39, 0.29) is 17.0 Å². The number of benzene rings is 1. The van der Waals surface area contributed by atoms with Crippen LogP contribution < -0.4 is 15.2 Å². The normalized spacial score (nSPS) is 20.6. The minimum atomic E-state index is -0.341. The minimum Gasteiger partial charge on any atom is -0.486 e. The fourth-order valence-corrected chi connectivity index (χ4v) is 2.18. The number of nitrogens with two attached hydrogens (primary N) is 1. The van der Waals surface area contributed by atoms with Gasteiger partial charge in [0.15, 0.2) is 17.3 Å². The standard InChI is InChI=1S/C12H14FNO2/c13-9-5-8(12(7-14)1-2-12)6-10-11(9)16-4-3-15-10/h5-6H,1-4,7,14H2. The van der Waals surface area contributed by atoms with E-state index in [0.717, 1.165) is 18.4 Å². The Balaban J connectivity index is 2.05. The Morgan fingerprint density at radius 1 is 1.25 bits per heavy atom. The summed E-state index contributed by atoms with van der Waals surface area (Å²) in [5, 5.41) is 0. The van der Waals surface area contributed by atoms with Gasteiger partial charge in [-0.2, -0.15) is 0 Å². The summed E-state index contributed by atoms with van der Waals surface area (Å²) in [5.41, 5.74) is 6.66. The molecule has 0 radical (unpaired) electrons. The van der Waals surface area contributed by atoms with E-state index < -0.39 is 0 Å². The molecule has 1 saturated carbocycles. The van der Waals surface area contributed by atoms with Crippen molar-refractivity contribution in [1.29, 1.82) is 0 Å². The summed E-state index contributed by atoms with van der Waals surface area (Å²) < 4.78 is 24.4. The predicted octanol–water partition coefficient (Wildman–Crippen LogP) is 1.59. The van der Waals surface area contributed by atoms with Crippen LogP contribution in [0.2, 0.25) is 0 Å². The highest BCUT2D eigenvalue weighted by Crippen LogP contribution is 2.49. The molecule has 2 aliphatic rings. The van der Waals surface area contributed by atoms with Crippen molar-refractivity contribution >= 4 is 0 Å². The molecule has 0 amide bonds. The van der Waals surface area contributed by atoms with Crippen molar-refractivity contribution in [3.05, 3.63) is 23.5 Å². The van der Waals surface area contributed by atoms with Gasteiger partial charge in [-0.25, -0.2) is 4.39 Å². The summed E-state index contributed by atoms with van der Waals surface area (Å²) in [6.45, 7) is 1.45. The molecular weight excluding hydrogens is 209 g/mol. The Kier molecular flexibility index (Phi) is 2.07. The van der Waals surface area contributed by atoms with Crippen molar-refractivity contribution in [1.82, 2.24) is 0 Å². The first-order valence-corrected chi connectivity index (χ1v) is 5.55. The van der Waals surface area contributed by atoms with Crippen LogP contribution in [0.5, 0.6) is 11.5 Å². The zero-order valence-electron chi connectivity index (χ0n) is 8.96. The Hall–Kier alpha value is -1.29. The van der Waals surface area contributed by atoms with Gasteiger partial charge in [-0.3, -0.25) is 0 Å². The van der Waals surface area contributed by atoms with Gasteiger partial charge < -0.3 is 15.2 Å². The monoisotopic (exact) mass is 223 g/mol. The molecule has 0 atom stereocenters. The van der Waals surface area contributed by atoms with E-state index >= 15 is 0 Å². The van der Waals surface area contributed by atoms with Crippen LogP contribution >= 0.6 is 0 Å². The van der Waals surface area contributed by atoms with Gasteiger partial charge in [0.25, 0.3) is 0 Å². The first kappa shape index (κ1) is 9.90. The molecule has 1 aromatic carbocycles. The van der Waals surface area contributed by atoms with Gasteiger partial charge in [0.1, 0.15) is 13.2 Å². The van der Waals surface area contributed by atoms with Crippen LogP contribution in [-0.4, -0.2) is 19.8 Å². The van der Waals surface area contributed by atoms with Crippen molar-refractivity contribution in [2.75, 3.05) is 19.8 Å². The van der Waals surface area contributed by atoms with Gasteiger partial charge in [0.2, 0.25) is 0 Å². The highest BCUT2D eigenvalue weighted by Gasteiger charge is 2.43. The molecule has 4 heteroatoms. The molecule has 16 heavy (non-hydrogen) atoms. The highest BCUT2D eigenvalue weighted by molar-refractivity contribution is 5.48. The molecule has 1 heterocycles. The van der Waals surface area contributed by atoms with Crippen molar-refractivity contribution in [2.24, 2.45) is 5.73 Å². The maximum Gasteiger partial charge on any atom is 0.197 e. The van der Waals surface area contributed by atoms with Crippen LogP contribution in [0.25, 0.3) is 0 Å². The highest BCUT2D eigenvalue weighted by atomic mass is 19.1. The van der Waals surface area contributed by atoms with Crippen LogP contribution in [0, 0.1) is 5.82 Å². The topological polar surface area (TPSA) is 44.5 Å². The molecule has 0 saturated heterocycles. The number of hydrogen-bond donors (Lipinski definition) is 1. The Bertz CT molecular complexity index is 429. The molecule has 2 N–H and O–H groups in total. The van der Waals surface area contributed by atoms with Gasteiger partial charge in [0.05, 0.1) is 0 Å². The van der Waals surface area contributed by atoms with Gasteiger partial charge in [-0.05, 0) is 30.5 Å². The molecule has 1 aromatic rings. The van der Waals surface area contributed by atoms with Crippen molar-refractivity contribution in [3.8, 4) is 11.5 Å². The maximum absolute atomic E-state index is 13.8. The molecule has 3 nitrogen and oxygen atoms in total. The van der Waals surface area contributed by atoms with Crippen LogP contribution in [0.15, 0.2) is 12.1 Å². The van der Waals surface area contributed by atoms with Gasteiger partial charge >= 0.3 is 0 Å². The molecule has 1 fully saturated rings. The van der Waals surface area contributed by atoms with Crippen molar-refractivity contribution in [3.63, 3.8) is 0 Å². The van der Waals surface area contributed by atoms with Crippen molar-refractivity contribution < 1.29 is 13.9 Å². The Morgan fingerprint density at radius 2 is 2.00 bits per heavy atom. The number of halogens is 1. The SMILES string of the molecule is NCC1(c2cc(F)c3c(c2)OCCO3)CC1. The zero-order valence-corrected chi connectivity index (χ0v) is 8.96. The molecule has 1 aliphatic carbocycles. The molecular formula is C12H14FNO2. The lowest BCUT2D eigenvalue weighted by Crippen LogP contribution is -2.22. The maximum atomic E-state index is 13.8. The summed E-state index contributed by atoms with van der Waals surface area (Å²) in [6, 6.07) is 3.41. The molecule has 0 aromatic heterocycles. The molecule has 1 aliphatic heterocycles. The van der Waals surface area contributed by atoms with Gasteiger partial charge in [-0.15, -0.1) is 0 Å². The number of fused-ring (bicyclic) bond motifs is 1. The molecule has 3 rings (SSSR count). The molecule has 0 spiro atoms. The molecule has 86 valence electrons. The zero-order chi connectivity index (χ0) is 11.2. The third-order valence-electron chi connectivity index (χ3n) is 3.45. The summed E-state index contributed by atoms with van der Waals surface area (Å²) in [5.74, 6) is 0.413. The smallest absolute Gasteiger partial charge is 0.197 e. The van der Waals surface area contributed by atoms with Crippen LogP contribution in [0.4, 0.5) is 4.39 Å².